The summed E-state index contributed by atoms with van der Waals surface area (Å²) in [6.45, 7) is 2.44. The summed E-state index contributed by atoms with van der Waals surface area (Å²) in [6.07, 6.45) is 3.02. The van der Waals surface area contributed by atoms with Gasteiger partial charge in [-0.3, -0.25) is 0 Å². The number of benzene rings is 1. The number of hydrogen-bond donors (Lipinski definition) is 0. The van der Waals surface area contributed by atoms with Gasteiger partial charge in [0.25, 0.3) is 5.19 Å². The van der Waals surface area contributed by atoms with Crippen molar-refractivity contribution in [2.45, 2.75) is 18.9 Å². The molecule has 0 amide bonds. The zero-order chi connectivity index (χ0) is 15.4. The molecule has 2 saturated carbocycles. The van der Waals surface area contributed by atoms with E-state index in [1.165, 1.54) is 25.9 Å². The van der Waals surface area contributed by atoms with Gasteiger partial charge in [-0.15, -0.1) is 5.10 Å². The Morgan fingerprint density at radius 2 is 1.83 bits per heavy atom. The quantitative estimate of drug-likeness (QED) is 0.868. The molecule has 5 atom stereocenters. The van der Waals surface area contributed by atoms with Gasteiger partial charge in [0.2, 0.25) is 0 Å². The maximum absolute atomic E-state index is 6.36. The molecular formula is C18H21N3OS. The smallest absolute Gasteiger partial charge is 0.294 e. The molecule has 3 fully saturated rings. The highest BCUT2D eigenvalue weighted by molar-refractivity contribution is 7.16. The molecule has 3 aliphatic rings. The summed E-state index contributed by atoms with van der Waals surface area (Å²) >= 11 is 1.57. The van der Waals surface area contributed by atoms with Crippen molar-refractivity contribution in [3.05, 3.63) is 30.3 Å². The van der Waals surface area contributed by atoms with Gasteiger partial charge in [0, 0.05) is 24.6 Å². The van der Waals surface area contributed by atoms with Crippen LogP contribution in [0.5, 0.6) is 5.19 Å². The molecule has 2 aliphatic carbocycles. The summed E-state index contributed by atoms with van der Waals surface area (Å²) < 4.78 is 6.36. The van der Waals surface area contributed by atoms with Gasteiger partial charge in [-0.25, -0.2) is 0 Å². The number of ether oxygens (including phenoxy) is 1. The van der Waals surface area contributed by atoms with Crippen LogP contribution in [0.1, 0.15) is 12.8 Å². The third-order valence-electron chi connectivity index (χ3n) is 5.95. The van der Waals surface area contributed by atoms with Crippen molar-refractivity contribution in [1.82, 2.24) is 15.1 Å². The second kappa shape index (κ2) is 5.28. The van der Waals surface area contributed by atoms with Crippen LogP contribution in [-0.4, -0.2) is 41.3 Å². The Kier molecular flexibility index (Phi) is 3.20. The molecule has 0 N–H and O–H groups in total. The van der Waals surface area contributed by atoms with Crippen molar-refractivity contribution in [2.75, 3.05) is 20.1 Å². The molecule has 2 bridgehead atoms. The van der Waals surface area contributed by atoms with Gasteiger partial charge in [-0.1, -0.05) is 46.8 Å². The zero-order valence-electron chi connectivity index (χ0n) is 13.3. The lowest BCUT2D eigenvalue weighted by molar-refractivity contribution is -0.0123. The number of aromatic nitrogens is 2. The van der Waals surface area contributed by atoms with Crippen molar-refractivity contribution >= 4 is 11.3 Å². The van der Waals surface area contributed by atoms with Crippen LogP contribution in [0.3, 0.4) is 0 Å². The number of rotatable bonds is 3. The van der Waals surface area contributed by atoms with Crippen molar-refractivity contribution in [3.63, 3.8) is 0 Å². The fourth-order valence-corrected chi connectivity index (χ4v) is 5.69. The minimum Gasteiger partial charge on any atom is -0.465 e. The normalized spacial score (nSPS) is 35.6. The predicted molar refractivity (Wildman–Crippen MR) is 90.5 cm³/mol. The maximum Gasteiger partial charge on any atom is 0.294 e. The van der Waals surface area contributed by atoms with Crippen molar-refractivity contribution < 1.29 is 4.74 Å². The minimum absolute atomic E-state index is 0.343. The van der Waals surface area contributed by atoms with Gasteiger partial charge in [0.15, 0.2) is 5.01 Å². The second-order valence-corrected chi connectivity index (χ2v) is 8.30. The molecule has 0 spiro atoms. The first-order valence-electron chi connectivity index (χ1n) is 8.52. The molecule has 5 heteroatoms. The molecule has 2 heterocycles. The molecule has 5 unspecified atom stereocenters. The summed E-state index contributed by atoms with van der Waals surface area (Å²) in [6, 6.07) is 10.2. The van der Waals surface area contributed by atoms with E-state index in [0.717, 1.165) is 33.5 Å². The van der Waals surface area contributed by atoms with Gasteiger partial charge >= 0.3 is 0 Å². The largest absolute Gasteiger partial charge is 0.465 e. The number of fused-ring (bicyclic) bond motifs is 1. The minimum atomic E-state index is 0.343. The lowest BCUT2D eigenvalue weighted by Gasteiger charge is -2.45. The first-order chi connectivity index (χ1) is 11.3. The van der Waals surface area contributed by atoms with Crippen LogP contribution in [0.4, 0.5) is 0 Å². The van der Waals surface area contributed by atoms with Crippen LogP contribution in [0, 0.1) is 23.7 Å². The second-order valence-electron chi connectivity index (χ2n) is 7.36. The first kappa shape index (κ1) is 13.9. The molecule has 2 aromatic rings. The topological polar surface area (TPSA) is 38.2 Å². The maximum atomic E-state index is 6.36. The van der Waals surface area contributed by atoms with E-state index in [1.807, 2.05) is 18.2 Å². The van der Waals surface area contributed by atoms with Crippen LogP contribution < -0.4 is 4.74 Å². The molecule has 23 heavy (non-hydrogen) atoms. The van der Waals surface area contributed by atoms with Gasteiger partial charge < -0.3 is 9.64 Å². The lowest BCUT2D eigenvalue weighted by atomic mass is 9.66. The van der Waals surface area contributed by atoms with E-state index in [1.54, 1.807) is 11.3 Å². The third-order valence-corrected chi connectivity index (χ3v) is 6.81. The Balaban J connectivity index is 1.36. The molecule has 1 saturated heterocycles. The molecule has 1 aromatic heterocycles. The third kappa shape index (κ3) is 2.29. The summed E-state index contributed by atoms with van der Waals surface area (Å²) in [4.78, 5) is 2.50. The standard InChI is InChI=1S/C18H21N3OS/c1-21-9-12-7-15-14(12)8-13(10-21)16(15)22-18-20-19-17(23-18)11-5-3-2-4-6-11/h2-6,12-16H,7-10H2,1H3. The Hall–Kier alpha value is -1.46. The van der Waals surface area contributed by atoms with E-state index >= 15 is 0 Å². The van der Waals surface area contributed by atoms with E-state index in [-0.39, 0.29) is 0 Å². The van der Waals surface area contributed by atoms with E-state index in [0.29, 0.717) is 12.0 Å². The number of likely N-dealkylation sites (tertiary alicyclic amines) is 1. The fourth-order valence-electron chi connectivity index (χ4n) is 4.95. The first-order valence-corrected chi connectivity index (χ1v) is 9.33. The highest BCUT2D eigenvalue weighted by Gasteiger charge is 2.56. The fraction of sp³-hybridized carbons (Fsp3) is 0.556. The average Bonchev–Trinajstić information content (AvgIpc) is 3.07. The SMILES string of the molecule is CN1CC2CC3C2CC(C1)C3Oc1nnc(-c2ccccc2)s1. The highest BCUT2D eigenvalue weighted by Crippen LogP contribution is 2.56. The number of hydrogen-bond acceptors (Lipinski definition) is 5. The molecular weight excluding hydrogens is 306 g/mol. The molecule has 1 aromatic carbocycles. The Morgan fingerprint density at radius 3 is 2.70 bits per heavy atom. The van der Waals surface area contributed by atoms with Crippen molar-refractivity contribution in [3.8, 4) is 15.8 Å². The number of nitrogens with zero attached hydrogens (tertiary/aromatic N) is 3. The van der Waals surface area contributed by atoms with E-state index < -0.39 is 0 Å². The molecule has 4 nitrogen and oxygen atoms in total. The van der Waals surface area contributed by atoms with Crippen LogP contribution >= 0.6 is 11.3 Å². The van der Waals surface area contributed by atoms with Gasteiger partial charge in [0.05, 0.1) is 0 Å². The van der Waals surface area contributed by atoms with Gasteiger partial charge in [-0.05, 0) is 37.6 Å². The Labute approximate surface area is 140 Å². The summed E-state index contributed by atoms with van der Waals surface area (Å²) in [7, 11) is 2.25. The van der Waals surface area contributed by atoms with Crippen LogP contribution in [0.25, 0.3) is 10.6 Å². The zero-order valence-corrected chi connectivity index (χ0v) is 14.1. The van der Waals surface area contributed by atoms with Crippen molar-refractivity contribution in [2.24, 2.45) is 23.7 Å². The van der Waals surface area contributed by atoms with Gasteiger partial charge in [0.1, 0.15) is 6.10 Å². The average molecular weight is 327 g/mol. The van der Waals surface area contributed by atoms with E-state index in [4.69, 9.17) is 4.74 Å². The van der Waals surface area contributed by atoms with Crippen LogP contribution in [0.2, 0.25) is 0 Å². The highest BCUT2D eigenvalue weighted by atomic mass is 32.1. The molecule has 120 valence electrons. The summed E-state index contributed by atoms with van der Waals surface area (Å²) in [5.41, 5.74) is 1.12. The van der Waals surface area contributed by atoms with E-state index in [9.17, 15) is 0 Å². The Morgan fingerprint density at radius 1 is 1.04 bits per heavy atom. The molecule has 0 radical (unpaired) electrons. The van der Waals surface area contributed by atoms with Gasteiger partial charge in [-0.2, -0.15) is 0 Å². The lowest BCUT2D eigenvalue weighted by Crippen LogP contribution is -2.48. The molecule has 1 aliphatic heterocycles. The Bertz CT molecular complexity index is 701. The summed E-state index contributed by atoms with van der Waals surface area (Å²) in [5.74, 6) is 3.20. The van der Waals surface area contributed by atoms with Crippen molar-refractivity contribution in [1.29, 1.82) is 0 Å². The van der Waals surface area contributed by atoms with Crippen LogP contribution in [0.15, 0.2) is 30.3 Å². The predicted octanol–water partition coefficient (Wildman–Crippen LogP) is 3.17. The summed E-state index contributed by atoms with van der Waals surface area (Å²) in [5, 5.41) is 10.3. The van der Waals surface area contributed by atoms with E-state index in [2.05, 4.69) is 34.3 Å². The monoisotopic (exact) mass is 327 g/mol. The molecule has 5 rings (SSSR count). The van der Waals surface area contributed by atoms with Crippen LogP contribution in [-0.2, 0) is 0 Å².